The van der Waals surface area contributed by atoms with Gasteiger partial charge in [0.15, 0.2) is 11.5 Å². The minimum absolute atomic E-state index is 0.101. The molecule has 1 N–H and O–H groups in total. The van der Waals surface area contributed by atoms with Gasteiger partial charge in [-0.25, -0.2) is 9.97 Å². The Morgan fingerprint density at radius 1 is 1.17 bits per heavy atom. The van der Waals surface area contributed by atoms with Crippen LogP contribution in [0.2, 0.25) is 0 Å². The van der Waals surface area contributed by atoms with Crippen molar-refractivity contribution in [2.24, 2.45) is 7.05 Å². The molecule has 0 atom stereocenters. The van der Waals surface area contributed by atoms with E-state index in [4.69, 9.17) is 0 Å². The van der Waals surface area contributed by atoms with E-state index in [0.29, 0.717) is 22.7 Å². The Hall–Kier alpha value is -3.86. The van der Waals surface area contributed by atoms with Crippen LogP contribution in [0.1, 0.15) is 9.67 Å². The second-order valence-corrected chi connectivity index (χ2v) is 7.75. The molecule has 0 spiro atoms. The average molecular weight is 423 g/mol. The van der Waals surface area contributed by atoms with Crippen molar-refractivity contribution in [3.05, 3.63) is 57.6 Å². The zero-order valence-corrected chi connectivity index (χ0v) is 17.2. The Labute approximate surface area is 174 Å². The van der Waals surface area contributed by atoms with Crippen LogP contribution in [-0.4, -0.2) is 44.7 Å². The fraction of sp³-hybridized carbons (Fsp3) is 0.158. The Morgan fingerprint density at radius 2 is 1.90 bits per heavy atom. The van der Waals surface area contributed by atoms with Gasteiger partial charge in [0, 0.05) is 38.5 Å². The molecule has 3 aromatic heterocycles. The molecule has 0 unspecified atom stereocenters. The van der Waals surface area contributed by atoms with Crippen LogP contribution in [-0.2, 0) is 7.05 Å². The van der Waals surface area contributed by atoms with Gasteiger partial charge in [0.2, 0.25) is 0 Å². The molecule has 1 aromatic carbocycles. The summed E-state index contributed by atoms with van der Waals surface area (Å²) in [5.74, 6) is 0.246. The maximum atomic E-state index is 12.7. The van der Waals surface area contributed by atoms with Gasteiger partial charge in [-0.2, -0.15) is 5.10 Å². The highest BCUT2D eigenvalue weighted by Crippen LogP contribution is 2.28. The second-order valence-electron chi connectivity index (χ2n) is 6.69. The molecule has 10 nitrogen and oxygen atoms in total. The quantitative estimate of drug-likeness (QED) is 0.386. The van der Waals surface area contributed by atoms with E-state index in [9.17, 15) is 14.9 Å². The zero-order chi connectivity index (χ0) is 21.4. The minimum Gasteiger partial charge on any atom is -0.378 e. The topological polar surface area (TPSA) is 119 Å². The second kappa shape index (κ2) is 7.52. The monoisotopic (exact) mass is 423 g/mol. The van der Waals surface area contributed by atoms with Crippen molar-refractivity contribution in [1.82, 2.24) is 19.7 Å². The lowest BCUT2D eigenvalue weighted by Crippen LogP contribution is -2.12. The van der Waals surface area contributed by atoms with Crippen LogP contribution in [0, 0.1) is 10.1 Å². The van der Waals surface area contributed by atoms with Gasteiger partial charge in [-0.05, 0) is 30.3 Å². The molecule has 4 rings (SSSR count). The SMILES string of the molecule is CN(C)c1ccc(-c2nc(NC(=O)c3ccc([N+](=O)[O-])s3)c3cnn(C)c3n2)cc1. The van der Waals surface area contributed by atoms with Crippen LogP contribution in [0.15, 0.2) is 42.6 Å². The number of hydrogen-bond acceptors (Lipinski definition) is 8. The number of aromatic nitrogens is 4. The Kier molecular flexibility index (Phi) is 4.88. The number of anilines is 2. The van der Waals surface area contributed by atoms with Crippen LogP contribution in [0.3, 0.4) is 0 Å². The molecular formula is C19H17N7O3S. The van der Waals surface area contributed by atoms with Crippen molar-refractivity contribution >= 4 is 44.8 Å². The lowest BCUT2D eigenvalue weighted by Gasteiger charge is -2.13. The van der Waals surface area contributed by atoms with E-state index in [1.54, 1.807) is 17.9 Å². The first-order valence-corrected chi connectivity index (χ1v) is 9.68. The molecule has 30 heavy (non-hydrogen) atoms. The Morgan fingerprint density at radius 3 is 2.53 bits per heavy atom. The third-order valence-corrected chi connectivity index (χ3v) is 5.50. The van der Waals surface area contributed by atoms with Crippen molar-refractivity contribution in [3.8, 4) is 11.4 Å². The van der Waals surface area contributed by atoms with Gasteiger partial charge in [0.1, 0.15) is 5.82 Å². The van der Waals surface area contributed by atoms with Crippen LogP contribution < -0.4 is 10.2 Å². The highest BCUT2D eigenvalue weighted by molar-refractivity contribution is 7.17. The van der Waals surface area contributed by atoms with Crippen molar-refractivity contribution in [1.29, 1.82) is 0 Å². The van der Waals surface area contributed by atoms with Gasteiger partial charge >= 0.3 is 5.00 Å². The lowest BCUT2D eigenvalue weighted by atomic mass is 10.2. The fourth-order valence-electron chi connectivity index (χ4n) is 2.87. The van der Waals surface area contributed by atoms with E-state index < -0.39 is 10.8 Å². The molecule has 0 fully saturated rings. The summed E-state index contributed by atoms with van der Waals surface area (Å²) < 4.78 is 1.60. The van der Waals surface area contributed by atoms with Gasteiger partial charge in [-0.3, -0.25) is 19.6 Å². The smallest absolute Gasteiger partial charge is 0.324 e. The van der Waals surface area contributed by atoms with E-state index in [-0.39, 0.29) is 9.88 Å². The summed E-state index contributed by atoms with van der Waals surface area (Å²) >= 11 is 0.804. The molecule has 0 aliphatic carbocycles. The lowest BCUT2D eigenvalue weighted by molar-refractivity contribution is -0.380. The fourth-order valence-corrected chi connectivity index (χ4v) is 3.59. The summed E-state index contributed by atoms with van der Waals surface area (Å²) in [5, 5.41) is 18.3. The molecule has 0 saturated heterocycles. The number of hydrogen-bond donors (Lipinski definition) is 1. The number of carbonyl (C=O) groups is 1. The van der Waals surface area contributed by atoms with E-state index in [1.807, 2.05) is 43.3 Å². The number of carbonyl (C=O) groups excluding carboxylic acids is 1. The van der Waals surface area contributed by atoms with Gasteiger partial charge in [0.05, 0.1) is 21.4 Å². The molecule has 0 bridgehead atoms. The molecule has 0 aliphatic rings. The third-order valence-electron chi connectivity index (χ3n) is 4.46. The van der Waals surface area contributed by atoms with E-state index >= 15 is 0 Å². The normalized spacial score (nSPS) is 10.9. The summed E-state index contributed by atoms with van der Waals surface area (Å²) in [6, 6.07) is 10.4. The standard InChI is InChI=1S/C19H17N7O3S/c1-24(2)12-6-4-11(5-7-12)16-21-17(13-10-20-25(3)18(13)22-16)23-19(27)14-8-9-15(30-14)26(28)29/h4-10H,1-3H3,(H,21,22,23,27). The number of amides is 1. The molecule has 0 radical (unpaired) electrons. The molecule has 4 aromatic rings. The number of benzene rings is 1. The summed E-state index contributed by atoms with van der Waals surface area (Å²) in [6.45, 7) is 0. The molecule has 0 aliphatic heterocycles. The zero-order valence-electron chi connectivity index (χ0n) is 16.4. The first kappa shape index (κ1) is 19.5. The van der Waals surface area contributed by atoms with Crippen LogP contribution >= 0.6 is 11.3 Å². The summed E-state index contributed by atoms with van der Waals surface area (Å²) in [4.78, 5) is 34.3. The molecule has 1 amide bonds. The van der Waals surface area contributed by atoms with Crippen molar-refractivity contribution in [2.45, 2.75) is 0 Å². The van der Waals surface area contributed by atoms with E-state index in [0.717, 1.165) is 22.6 Å². The summed E-state index contributed by atoms with van der Waals surface area (Å²) in [7, 11) is 5.66. The maximum Gasteiger partial charge on any atom is 0.324 e. The number of nitro groups is 1. The Bertz CT molecular complexity index is 1260. The molecular weight excluding hydrogens is 406 g/mol. The number of rotatable bonds is 5. The van der Waals surface area contributed by atoms with E-state index in [2.05, 4.69) is 20.4 Å². The predicted octanol–water partition coefficient (Wildman–Crippen LogP) is 3.32. The number of fused-ring (bicyclic) bond motifs is 1. The highest BCUT2D eigenvalue weighted by Gasteiger charge is 2.19. The largest absolute Gasteiger partial charge is 0.378 e. The third kappa shape index (κ3) is 3.57. The number of nitrogens with zero attached hydrogens (tertiary/aromatic N) is 6. The highest BCUT2D eigenvalue weighted by atomic mass is 32.1. The van der Waals surface area contributed by atoms with Gasteiger partial charge in [-0.1, -0.05) is 11.3 Å². The van der Waals surface area contributed by atoms with Crippen molar-refractivity contribution < 1.29 is 9.72 Å². The minimum atomic E-state index is -0.527. The first-order valence-electron chi connectivity index (χ1n) is 8.86. The molecule has 0 saturated carbocycles. The number of thiophene rings is 1. The predicted molar refractivity (Wildman–Crippen MR) is 115 cm³/mol. The average Bonchev–Trinajstić information content (AvgIpc) is 3.36. The van der Waals surface area contributed by atoms with E-state index in [1.165, 1.54) is 12.1 Å². The van der Waals surface area contributed by atoms with Gasteiger partial charge < -0.3 is 10.2 Å². The summed E-state index contributed by atoms with van der Waals surface area (Å²) in [5.41, 5.74) is 2.38. The first-order chi connectivity index (χ1) is 14.3. The van der Waals surface area contributed by atoms with Crippen LogP contribution in [0.5, 0.6) is 0 Å². The van der Waals surface area contributed by atoms with Crippen LogP contribution in [0.25, 0.3) is 22.4 Å². The Balaban J connectivity index is 1.73. The van der Waals surface area contributed by atoms with Gasteiger partial charge in [-0.15, -0.1) is 0 Å². The molecule has 152 valence electrons. The molecule has 11 heteroatoms. The van der Waals surface area contributed by atoms with Crippen molar-refractivity contribution in [3.63, 3.8) is 0 Å². The van der Waals surface area contributed by atoms with Crippen molar-refractivity contribution in [2.75, 3.05) is 24.3 Å². The van der Waals surface area contributed by atoms with Gasteiger partial charge in [0.25, 0.3) is 5.91 Å². The summed E-state index contributed by atoms with van der Waals surface area (Å²) in [6.07, 6.45) is 1.57. The number of aryl methyl sites for hydroxylation is 1. The molecule has 3 heterocycles. The maximum absolute atomic E-state index is 12.7. The van der Waals surface area contributed by atoms with Crippen LogP contribution in [0.4, 0.5) is 16.5 Å². The number of nitrogens with one attached hydrogen (secondary N) is 1.